The van der Waals surface area contributed by atoms with Gasteiger partial charge in [-0.1, -0.05) is 0 Å². The highest BCUT2D eigenvalue weighted by Gasteiger charge is 2.29. The molecule has 128 valence electrons. The Labute approximate surface area is 142 Å². The van der Waals surface area contributed by atoms with Crippen molar-refractivity contribution in [2.24, 2.45) is 0 Å². The van der Waals surface area contributed by atoms with Gasteiger partial charge in [0.15, 0.2) is 0 Å². The minimum absolute atomic E-state index is 0.0904. The van der Waals surface area contributed by atoms with E-state index in [1.165, 1.54) is 0 Å². The second kappa shape index (κ2) is 7.75. The number of carbonyl (C=O) groups is 1. The molecule has 3 rings (SSSR count). The Morgan fingerprint density at radius 3 is 2.54 bits per heavy atom. The zero-order valence-electron chi connectivity index (χ0n) is 13.7. The van der Waals surface area contributed by atoms with E-state index in [1.807, 2.05) is 0 Å². The van der Waals surface area contributed by atoms with Crippen molar-refractivity contribution in [3.8, 4) is 6.07 Å². The Morgan fingerprint density at radius 1 is 1.17 bits per heavy atom. The Hall–Kier alpha value is -1.94. The van der Waals surface area contributed by atoms with Crippen LogP contribution in [0.25, 0.3) is 0 Å². The minimum atomic E-state index is -0.544. The summed E-state index contributed by atoms with van der Waals surface area (Å²) >= 11 is 0. The first-order valence-corrected chi connectivity index (χ1v) is 8.46. The molecule has 2 aliphatic heterocycles. The van der Waals surface area contributed by atoms with Crippen LogP contribution in [0.1, 0.15) is 28.8 Å². The maximum Gasteiger partial charge on any atom is 0.253 e. The molecule has 2 saturated heterocycles. The molecule has 0 radical (unpaired) electrons. The van der Waals surface area contributed by atoms with E-state index in [-0.39, 0.29) is 5.91 Å². The number of nitrogens with zero attached hydrogens (tertiary/aromatic N) is 3. The number of amides is 1. The summed E-state index contributed by atoms with van der Waals surface area (Å²) < 4.78 is 5.41. The molecule has 2 aliphatic rings. The third-order valence-electron chi connectivity index (χ3n) is 4.79. The largest absolute Gasteiger partial charge is 0.390 e. The van der Waals surface area contributed by atoms with Gasteiger partial charge in [0.2, 0.25) is 0 Å². The summed E-state index contributed by atoms with van der Waals surface area (Å²) in [4.78, 5) is 16.7. The maximum atomic E-state index is 12.7. The molecular weight excluding hydrogens is 306 g/mol. The fourth-order valence-electron chi connectivity index (χ4n) is 3.45. The Bertz CT molecular complexity index is 605. The number of aliphatic hydroxyl groups is 1. The van der Waals surface area contributed by atoms with E-state index in [1.54, 1.807) is 29.2 Å². The molecule has 0 bridgehead atoms. The molecule has 0 unspecified atom stereocenters. The van der Waals surface area contributed by atoms with Gasteiger partial charge in [-0.3, -0.25) is 9.69 Å². The van der Waals surface area contributed by atoms with Crippen LogP contribution < -0.4 is 0 Å². The summed E-state index contributed by atoms with van der Waals surface area (Å²) in [5.41, 5.74) is 1.09. The highest BCUT2D eigenvalue weighted by molar-refractivity contribution is 5.94. The van der Waals surface area contributed by atoms with E-state index in [0.29, 0.717) is 36.8 Å². The molecular formula is C18H23N3O3. The molecule has 1 N–H and O–H groups in total. The fraction of sp³-hybridized carbons (Fsp3) is 0.556. The van der Waals surface area contributed by atoms with Gasteiger partial charge < -0.3 is 14.7 Å². The summed E-state index contributed by atoms with van der Waals surface area (Å²) in [6, 6.07) is 9.13. The predicted octanol–water partition coefficient (Wildman–Crippen LogP) is 0.856. The van der Waals surface area contributed by atoms with E-state index >= 15 is 0 Å². The van der Waals surface area contributed by atoms with Crippen LogP contribution in [-0.2, 0) is 4.74 Å². The Morgan fingerprint density at radius 2 is 1.88 bits per heavy atom. The first-order valence-electron chi connectivity index (χ1n) is 8.46. The van der Waals surface area contributed by atoms with E-state index in [4.69, 9.17) is 10.00 Å². The monoisotopic (exact) mass is 329 g/mol. The highest BCUT2D eigenvalue weighted by atomic mass is 16.5. The van der Waals surface area contributed by atoms with Crippen molar-refractivity contribution in [3.05, 3.63) is 35.4 Å². The quantitative estimate of drug-likeness (QED) is 0.871. The number of hydrogen-bond donors (Lipinski definition) is 1. The van der Waals surface area contributed by atoms with Crippen LogP contribution in [0.5, 0.6) is 0 Å². The van der Waals surface area contributed by atoms with Gasteiger partial charge in [-0.25, -0.2) is 0 Å². The minimum Gasteiger partial charge on any atom is -0.390 e. The molecule has 6 nitrogen and oxygen atoms in total. The second-order valence-corrected chi connectivity index (χ2v) is 6.43. The van der Waals surface area contributed by atoms with Gasteiger partial charge in [-0.2, -0.15) is 5.26 Å². The van der Waals surface area contributed by atoms with E-state index < -0.39 is 6.10 Å². The molecule has 0 saturated carbocycles. The smallest absolute Gasteiger partial charge is 0.253 e. The van der Waals surface area contributed by atoms with Crippen LogP contribution in [0.15, 0.2) is 24.3 Å². The van der Waals surface area contributed by atoms with Gasteiger partial charge in [-0.15, -0.1) is 0 Å². The lowest BCUT2D eigenvalue weighted by Crippen LogP contribution is -2.43. The SMILES string of the molecule is N#Cc1ccc(C(=O)N2CCN(C3CCOCC3)C[C@H](O)C2)cc1. The topological polar surface area (TPSA) is 76.8 Å². The van der Waals surface area contributed by atoms with E-state index in [0.717, 1.165) is 32.6 Å². The summed E-state index contributed by atoms with van der Waals surface area (Å²) in [5, 5.41) is 19.2. The fourth-order valence-corrected chi connectivity index (χ4v) is 3.45. The number of rotatable bonds is 2. The molecule has 24 heavy (non-hydrogen) atoms. The van der Waals surface area contributed by atoms with Crippen molar-refractivity contribution < 1.29 is 14.6 Å². The van der Waals surface area contributed by atoms with Gasteiger partial charge in [0.1, 0.15) is 0 Å². The molecule has 0 spiro atoms. The average Bonchev–Trinajstić information content (AvgIpc) is 2.83. The van der Waals surface area contributed by atoms with Crippen LogP contribution in [-0.4, -0.2) is 72.4 Å². The molecule has 1 aromatic carbocycles. The zero-order chi connectivity index (χ0) is 16.9. The molecule has 0 aliphatic carbocycles. The number of nitriles is 1. The van der Waals surface area contributed by atoms with Crippen LogP contribution in [0.4, 0.5) is 0 Å². The predicted molar refractivity (Wildman–Crippen MR) is 88.5 cm³/mol. The normalized spacial score (nSPS) is 23.5. The van der Waals surface area contributed by atoms with Crippen LogP contribution in [0.2, 0.25) is 0 Å². The van der Waals surface area contributed by atoms with Crippen molar-refractivity contribution in [2.75, 3.05) is 39.4 Å². The lowest BCUT2D eigenvalue weighted by atomic mass is 10.1. The van der Waals surface area contributed by atoms with Gasteiger partial charge in [0.25, 0.3) is 5.91 Å². The zero-order valence-corrected chi connectivity index (χ0v) is 13.7. The number of aliphatic hydroxyl groups excluding tert-OH is 1. The number of benzene rings is 1. The molecule has 0 aromatic heterocycles. The number of β-amino-alcohol motifs (C(OH)–C–C–N with tert-alkyl or cyclic N) is 1. The van der Waals surface area contributed by atoms with E-state index in [9.17, 15) is 9.90 Å². The molecule has 2 fully saturated rings. The molecule has 2 heterocycles. The number of ether oxygens (including phenoxy) is 1. The standard InChI is InChI=1S/C18H23N3O3/c19-11-14-1-3-15(4-2-14)18(23)21-8-7-20(12-17(22)13-21)16-5-9-24-10-6-16/h1-4,16-17,22H,5-10,12-13H2/t17-/m0/s1. The molecule has 6 heteroatoms. The number of carbonyl (C=O) groups excluding carboxylic acids is 1. The molecule has 1 amide bonds. The van der Waals surface area contributed by atoms with Crippen molar-refractivity contribution in [1.29, 1.82) is 5.26 Å². The van der Waals surface area contributed by atoms with Gasteiger partial charge in [-0.05, 0) is 37.1 Å². The van der Waals surface area contributed by atoms with Crippen LogP contribution in [0.3, 0.4) is 0 Å². The van der Waals surface area contributed by atoms with Crippen molar-refractivity contribution >= 4 is 5.91 Å². The second-order valence-electron chi connectivity index (χ2n) is 6.43. The Balaban J connectivity index is 1.65. The average molecular weight is 329 g/mol. The van der Waals surface area contributed by atoms with Crippen LogP contribution in [0, 0.1) is 11.3 Å². The highest BCUT2D eigenvalue weighted by Crippen LogP contribution is 2.18. The van der Waals surface area contributed by atoms with Crippen LogP contribution >= 0.6 is 0 Å². The van der Waals surface area contributed by atoms with Gasteiger partial charge >= 0.3 is 0 Å². The van der Waals surface area contributed by atoms with Crippen molar-refractivity contribution in [1.82, 2.24) is 9.80 Å². The molecule has 1 atom stereocenters. The van der Waals surface area contributed by atoms with Crippen molar-refractivity contribution in [3.63, 3.8) is 0 Å². The van der Waals surface area contributed by atoms with Gasteiger partial charge in [0.05, 0.1) is 17.7 Å². The van der Waals surface area contributed by atoms with Gasteiger partial charge in [0, 0.05) is 51.0 Å². The lowest BCUT2D eigenvalue weighted by Gasteiger charge is -2.33. The summed E-state index contributed by atoms with van der Waals surface area (Å²) in [6.45, 7) is 3.85. The van der Waals surface area contributed by atoms with E-state index in [2.05, 4.69) is 11.0 Å². The first kappa shape index (κ1) is 16.9. The third kappa shape index (κ3) is 3.93. The summed E-state index contributed by atoms with van der Waals surface area (Å²) in [5.74, 6) is -0.0904. The Kier molecular flexibility index (Phi) is 5.46. The third-order valence-corrected chi connectivity index (χ3v) is 4.79. The first-order chi connectivity index (χ1) is 11.7. The summed E-state index contributed by atoms with van der Waals surface area (Å²) in [6.07, 6.45) is 1.42. The maximum absolute atomic E-state index is 12.7. The molecule has 1 aromatic rings. The lowest BCUT2D eigenvalue weighted by molar-refractivity contribution is 0.0217. The van der Waals surface area contributed by atoms with Crippen molar-refractivity contribution in [2.45, 2.75) is 25.0 Å². The number of hydrogen-bond acceptors (Lipinski definition) is 5. The summed E-state index contributed by atoms with van der Waals surface area (Å²) in [7, 11) is 0.